The van der Waals surface area contributed by atoms with Gasteiger partial charge in [-0.05, 0) is 9.91 Å². The summed E-state index contributed by atoms with van der Waals surface area (Å²) in [5.74, 6) is -1.18. The Labute approximate surface area is 106 Å². The minimum atomic E-state index is -4.90. The third-order valence-corrected chi connectivity index (χ3v) is 2.35. The number of alkyl halides is 3. The number of nitro groups is 1. The summed E-state index contributed by atoms with van der Waals surface area (Å²) in [7, 11) is 0. The molecule has 94 valence electrons. The number of aromatic nitrogens is 1. The number of nitrogens with two attached hydrogens (primary N) is 1. The number of halogens is 4. The molecule has 0 saturated carbocycles. The van der Waals surface area contributed by atoms with Crippen LogP contribution in [0.4, 0.5) is 19.0 Å². The monoisotopic (exact) mass is 363 g/mol. The minimum Gasteiger partial charge on any atom is -0.400 e. The van der Waals surface area contributed by atoms with Gasteiger partial charge in [-0.3, -0.25) is 0 Å². The molecule has 0 radical (unpaired) electrons. The van der Waals surface area contributed by atoms with E-state index in [-0.39, 0.29) is 15.8 Å². The second-order valence-corrected chi connectivity index (χ2v) is 3.79. The largest absolute Gasteiger partial charge is 0.573 e. The Morgan fingerprint density at radius 3 is 2.59 bits per heavy atom. The van der Waals surface area contributed by atoms with Crippen LogP contribution in [0.1, 0.15) is 5.56 Å². The second-order valence-electron chi connectivity index (χ2n) is 2.77. The molecule has 0 aliphatic carbocycles. The van der Waals surface area contributed by atoms with Crippen LogP contribution in [-0.2, 0) is 6.54 Å². The summed E-state index contributed by atoms with van der Waals surface area (Å²) < 4.78 is 39.7. The van der Waals surface area contributed by atoms with E-state index in [1.54, 1.807) is 0 Å². The summed E-state index contributed by atoms with van der Waals surface area (Å²) in [5.41, 5.74) is 5.08. The van der Waals surface area contributed by atoms with Crippen LogP contribution < -0.4 is 10.5 Å². The molecule has 0 spiro atoms. The molecule has 0 atom stereocenters. The van der Waals surface area contributed by atoms with Crippen LogP contribution in [0.3, 0.4) is 0 Å². The Morgan fingerprint density at radius 2 is 2.18 bits per heavy atom. The zero-order valence-corrected chi connectivity index (χ0v) is 10.2. The lowest BCUT2D eigenvalue weighted by Gasteiger charge is -2.11. The van der Waals surface area contributed by atoms with Crippen LogP contribution in [0.5, 0.6) is 5.75 Å². The van der Waals surface area contributed by atoms with E-state index < -0.39 is 22.9 Å². The normalized spacial score (nSPS) is 11.4. The van der Waals surface area contributed by atoms with E-state index in [1.807, 2.05) is 0 Å². The van der Waals surface area contributed by atoms with Crippen LogP contribution >= 0.6 is 22.6 Å². The standard InChI is InChI=1S/C7H5F3IN3O3/c8-7(9,10)17-5-3(2-12)1-4(14(15)16)13-6(5)11/h1H,2,12H2. The van der Waals surface area contributed by atoms with Crippen LogP contribution in [0, 0.1) is 13.8 Å². The van der Waals surface area contributed by atoms with Crippen molar-refractivity contribution in [2.24, 2.45) is 5.73 Å². The number of nitrogens with zero attached hydrogens (tertiary/aromatic N) is 2. The smallest absolute Gasteiger partial charge is 0.400 e. The SMILES string of the molecule is NCc1cc([N+](=O)[O-])nc(I)c1OC(F)(F)F. The third kappa shape index (κ3) is 3.66. The van der Waals surface area contributed by atoms with Gasteiger partial charge in [0.15, 0.2) is 5.75 Å². The third-order valence-electron chi connectivity index (χ3n) is 1.62. The Morgan fingerprint density at radius 1 is 1.59 bits per heavy atom. The van der Waals surface area contributed by atoms with Crippen molar-refractivity contribution in [3.8, 4) is 5.75 Å². The highest BCUT2D eigenvalue weighted by molar-refractivity contribution is 14.1. The van der Waals surface area contributed by atoms with Gasteiger partial charge < -0.3 is 20.6 Å². The lowest BCUT2D eigenvalue weighted by molar-refractivity contribution is -0.389. The fraction of sp³-hybridized carbons (Fsp3) is 0.286. The van der Waals surface area contributed by atoms with Gasteiger partial charge in [-0.2, -0.15) is 0 Å². The molecule has 0 unspecified atom stereocenters. The van der Waals surface area contributed by atoms with Crippen molar-refractivity contribution in [2.45, 2.75) is 12.9 Å². The van der Waals surface area contributed by atoms with Gasteiger partial charge in [0.1, 0.15) is 0 Å². The first-order valence-corrected chi connectivity index (χ1v) is 5.12. The predicted octanol–water partition coefficient (Wildman–Crippen LogP) is 1.95. The fourth-order valence-corrected chi connectivity index (χ4v) is 1.71. The highest BCUT2D eigenvalue weighted by Gasteiger charge is 2.35. The number of hydrogen-bond acceptors (Lipinski definition) is 5. The summed E-state index contributed by atoms with van der Waals surface area (Å²) in [6.07, 6.45) is -4.90. The van der Waals surface area contributed by atoms with E-state index in [0.717, 1.165) is 6.07 Å². The number of ether oxygens (including phenoxy) is 1. The van der Waals surface area contributed by atoms with E-state index in [4.69, 9.17) is 5.73 Å². The molecule has 2 N–H and O–H groups in total. The number of pyridine rings is 1. The lowest BCUT2D eigenvalue weighted by Crippen LogP contribution is -2.20. The summed E-state index contributed by atoms with van der Waals surface area (Å²) in [6.45, 7) is -0.329. The van der Waals surface area contributed by atoms with Crippen molar-refractivity contribution in [3.05, 3.63) is 25.4 Å². The topological polar surface area (TPSA) is 91.3 Å². The first-order valence-electron chi connectivity index (χ1n) is 4.04. The van der Waals surface area contributed by atoms with E-state index in [9.17, 15) is 23.3 Å². The van der Waals surface area contributed by atoms with E-state index in [2.05, 4.69) is 9.72 Å². The predicted molar refractivity (Wildman–Crippen MR) is 58.2 cm³/mol. The average molecular weight is 363 g/mol. The molecule has 1 heterocycles. The van der Waals surface area contributed by atoms with Crippen molar-refractivity contribution in [2.75, 3.05) is 0 Å². The lowest BCUT2D eigenvalue weighted by atomic mass is 10.2. The van der Waals surface area contributed by atoms with Gasteiger partial charge in [-0.1, -0.05) is 0 Å². The van der Waals surface area contributed by atoms with E-state index in [1.165, 1.54) is 22.6 Å². The quantitative estimate of drug-likeness (QED) is 0.384. The van der Waals surface area contributed by atoms with Crippen LogP contribution in [-0.4, -0.2) is 16.3 Å². The van der Waals surface area contributed by atoms with Crippen molar-refractivity contribution >= 4 is 28.4 Å². The fourth-order valence-electron chi connectivity index (χ4n) is 1.01. The van der Waals surface area contributed by atoms with Gasteiger partial charge in [-0.15, -0.1) is 13.2 Å². The molecule has 0 saturated heterocycles. The Balaban J connectivity index is 3.26. The van der Waals surface area contributed by atoms with Crippen LogP contribution in [0.2, 0.25) is 0 Å². The van der Waals surface area contributed by atoms with Crippen LogP contribution in [0.15, 0.2) is 6.07 Å². The summed E-state index contributed by atoms with van der Waals surface area (Å²) >= 11 is 1.41. The van der Waals surface area contributed by atoms with Gasteiger partial charge in [0, 0.05) is 40.8 Å². The van der Waals surface area contributed by atoms with Gasteiger partial charge in [0.25, 0.3) is 3.70 Å². The van der Waals surface area contributed by atoms with Crippen molar-refractivity contribution in [1.29, 1.82) is 0 Å². The highest BCUT2D eigenvalue weighted by Crippen LogP contribution is 2.32. The number of hydrogen-bond donors (Lipinski definition) is 1. The van der Waals surface area contributed by atoms with Gasteiger partial charge >= 0.3 is 12.2 Å². The molecular weight excluding hydrogens is 358 g/mol. The van der Waals surface area contributed by atoms with E-state index >= 15 is 0 Å². The molecular formula is C7H5F3IN3O3. The minimum absolute atomic E-state index is 0.131. The molecule has 0 fully saturated rings. The Kier molecular flexibility index (Phi) is 4.08. The first kappa shape index (κ1) is 13.9. The second kappa shape index (κ2) is 5.00. The van der Waals surface area contributed by atoms with Crippen molar-refractivity contribution in [3.63, 3.8) is 0 Å². The van der Waals surface area contributed by atoms with Crippen molar-refractivity contribution in [1.82, 2.24) is 4.98 Å². The molecule has 0 aliphatic rings. The molecule has 0 amide bonds. The molecule has 1 aromatic rings. The zero-order valence-electron chi connectivity index (χ0n) is 7.99. The molecule has 6 nitrogen and oxygen atoms in total. The summed E-state index contributed by atoms with van der Waals surface area (Å²) in [5, 5.41) is 10.5. The Bertz CT molecular complexity index is 452. The zero-order chi connectivity index (χ0) is 13.2. The van der Waals surface area contributed by atoms with Crippen molar-refractivity contribution < 1.29 is 22.8 Å². The van der Waals surface area contributed by atoms with Gasteiger partial charge in [0.05, 0.1) is 0 Å². The molecule has 1 rings (SSSR count). The maximum atomic E-state index is 12.1. The molecule has 10 heteroatoms. The first-order chi connectivity index (χ1) is 7.74. The average Bonchev–Trinajstić information content (AvgIpc) is 2.18. The molecule has 17 heavy (non-hydrogen) atoms. The maximum absolute atomic E-state index is 12.1. The van der Waals surface area contributed by atoms with E-state index in [0.29, 0.717) is 0 Å². The molecule has 1 aromatic heterocycles. The maximum Gasteiger partial charge on any atom is 0.573 e. The van der Waals surface area contributed by atoms with Gasteiger partial charge in [0.2, 0.25) is 0 Å². The van der Waals surface area contributed by atoms with Gasteiger partial charge in [-0.25, -0.2) is 0 Å². The Hall–Kier alpha value is -1.17. The van der Waals surface area contributed by atoms with Crippen LogP contribution in [0.25, 0.3) is 0 Å². The number of rotatable bonds is 3. The molecule has 0 bridgehead atoms. The summed E-state index contributed by atoms with van der Waals surface area (Å²) in [4.78, 5) is 13.0. The summed E-state index contributed by atoms with van der Waals surface area (Å²) in [6, 6.07) is 0.850. The molecule has 0 aliphatic heterocycles. The molecule has 0 aromatic carbocycles. The highest BCUT2D eigenvalue weighted by atomic mass is 127.